The van der Waals surface area contributed by atoms with Gasteiger partial charge in [0.1, 0.15) is 0 Å². The van der Waals surface area contributed by atoms with Gasteiger partial charge in [-0.3, -0.25) is 0 Å². The van der Waals surface area contributed by atoms with Crippen LogP contribution in [0.4, 0.5) is 0 Å². The fourth-order valence-electron chi connectivity index (χ4n) is 2.24. The standard InChI is InChI=1S/C11H14Br2S/c1-11(6-2-3-7-11)10(13)8-4-5-9(12)14-8/h4-5,10H,2-3,6-7H2,1H3. The highest BCUT2D eigenvalue weighted by Gasteiger charge is 2.36. The summed E-state index contributed by atoms with van der Waals surface area (Å²) < 4.78 is 1.23. The van der Waals surface area contributed by atoms with Gasteiger partial charge in [0.25, 0.3) is 0 Å². The molecule has 1 fully saturated rings. The summed E-state index contributed by atoms with van der Waals surface area (Å²) >= 11 is 9.25. The highest BCUT2D eigenvalue weighted by Crippen LogP contribution is 2.53. The third-order valence-corrected chi connectivity index (χ3v) is 6.79. The maximum Gasteiger partial charge on any atom is 0.0701 e. The SMILES string of the molecule is CC1(C(Br)c2ccc(Br)s2)CCCC1. The molecular formula is C11H14Br2S. The summed E-state index contributed by atoms with van der Waals surface area (Å²) in [6.07, 6.45) is 5.51. The molecule has 1 atom stereocenters. The van der Waals surface area contributed by atoms with Gasteiger partial charge >= 0.3 is 0 Å². The second-order valence-electron chi connectivity index (χ2n) is 4.37. The first kappa shape index (κ1) is 11.2. The molecule has 1 saturated carbocycles. The van der Waals surface area contributed by atoms with Gasteiger partial charge in [0.2, 0.25) is 0 Å². The van der Waals surface area contributed by atoms with Gasteiger partial charge in [0.15, 0.2) is 0 Å². The predicted molar refractivity (Wildman–Crippen MR) is 70.3 cm³/mol. The average Bonchev–Trinajstić information content (AvgIpc) is 2.74. The Morgan fingerprint density at radius 2 is 2.00 bits per heavy atom. The molecule has 0 spiro atoms. The van der Waals surface area contributed by atoms with E-state index in [2.05, 4.69) is 50.9 Å². The Kier molecular flexibility index (Phi) is 3.40. The minimum absolute atomic E-state index is 0.476. The fraction of sp³-hybridized carbons (Fsp3) is 0.636. The third-order valence-electron chi connectivity index (χ3n) is 3.20. The molecule has 1 aliphatic carbocycles. The van der Waals surface area contributed by atoms with Crippen molar-refractivity contribution in [1.82, 2.24) is 0 Å². The van der Waals surface area contributed by atoms with Crippen LogP contribution in [0.2, 0.25) is 0 Å². The van der Waals surface area contributed by atoms with E-state index in [4.69, 9.17) is 0 Å². The maximum atomic E-state index is 3.87. The molecule has 14 heavy (non-hydrogen) atoms. The van der Waals surface area contributed by atoms with E-state index in [9.17, 15) is 0 Å². The van der Waals surface area contributed by atoms with Crippen LogP contribution < -0.4 is 0 Å². The topological polar surface area (TPSA) is 0 Å². The number of thiophene rings is 1. The first-order valence-corrected chi connectivity index (χ1v) is 7.54. The molecule has 0 saturated heterocycles. The van der Waals surface area contributed by atoms with Crippen molar-refractivity contribution in [3.8, 4) is 0 Å². The van der Waals surface area contributed by atoms with Crippen LogP contribution in [0.25, 0.3) is 0 Å². The number of rotatable bonds is 2. The largest absolute Gasteiger partial charge is 0.132 e. The molecule has 3 heteroatoms. The summed E-state index contributed by atoms with van der Waals surface area (Å²) in [6, 6.07) is 4.38. The lowest BCUT2D eigenvalue weighted by Crippen LogP contribution is -2.16. The second-order valence-corrected chi connectivity index (χ2v) is 7.78. The fourth-order valence-corrected chi connectivity index (χ4v) is 4.71. The van der Waals surface area contributed by atoms with Crippen LogP contribution in [0, 0.1) is 5.41 Å². The van der Waals surface area contributed by atoms with E-state index in [1.54, 1.807) is 0 Å². The molecule has 0 radical (unpaired) electrons. The van der Waals surface area contributed by atoms with Gasteiger partial charge in [-0.05, 0) is 46.3 Å². The zero-order valence-electron chi connectivity index (χ0n) is 8.22. The lowest BCUT2D eigenvalue weighted by atomic mass is 9.84. The molecule has 0 amide bonds. The molecule has 0 nitrogen and oxygen atoms in total. The average molecular weight is 338 g/mol. The number of hydrogen-bond donors (Lipinski definition) is 0. The van der Waals surface area contributed by atoms with E-state index < -0.39 is 0 Å². The van der Waals surface area contributed by atoms with Gasteiger partial charge in [-0.2, -0.15) is 0 Å². The van der Waals surface area contributed by atoms with Crippen LogP contribution >= 0.6 is 43.2 Å². The summed E-state index contributed by atoms with van der Waals surface area (Å²) in [7, 11) is 0. The van der Waals surface area contributed by atoms with E-state index in [0.29, 0.717) is 10.2 Å². The molecule has 2 rings (SSSR count). The van der Waals surface area contributed by atoms with E-state index in [0.717, 1.165) is 0 Å². The van der Waals surface area contributed by atoms with Gasteiger partial charge in [0.05, 0.1) is 8.61 Å². The third kappa shape index (κ3) is 2.10. The normalized spacial score (nSPS) is 22.5. The highest BCUT2D eigenvalue weighted by atomic mass is 79.9. The van der Waals surface area contributed by atoms with Crippen molar-refractivity contribution in [3.63, 3.8) is 0 Å². The van der Waals surface area contributed by atoms with Crippen LogP contribution in [0.3, 0.4) is 0 Å². The van der Waals surface area contributed by atoms with Gasteiger partial charge < -0.3 is 0 Å². The molecule has 0 aromatic carbocycles. The zero-order chi connectivity index (χ0) is 10.2. The highest BCUT2D eigenvalue weighted by molar-refractivity contribution is 9.11. The maximum absolute atomic E-state index is 3.87. The van der Waals surface area contributed by atoms with Crippen LogP contribution in [0.15, 0.2) is 15.9 Å². The summed E-state index contributed by atoms with van der Waals surface area (Å²) in [5, 5.41) is 0. The molecule has 1 heterocycles. The van der Waals surface area contributed by atoms with Crippen molar-refractivity contribution < 1.29 is 0 Å². The van der Waals surface area contributed by atoms with Crippen molar-refractivity contribution in [3.05, 3.63) is 20.8 Å². The Morgan fingerprint density at radius 1 is 1.36 bits per heavy atom. The van der Waals surface area contributed by atoms with Crippen LogP contribution in [-0.4, -0.2) is 0 Å². The first-order valence-electron chi connectivity index (χ1n) is 5.01. The summed E-state index contributed by atoms with van der Waals surface area (Å²) in [5.41, 5.74) is 0.476. The summed E-state index contributed by atoms with van der Waals surface area (Å²) in [4.78, 5) is 2.00. The molecule has 1 aromatic heterocycles. The minimum atomic E-state index is 0.476. The zero-order valence-corrected chi connectivity index (χ0v) is 12.2. The van der Waals surface area contributed by atoms with Gasteiger partial charge in [0, 0.05) is 4.88 Å². The van der Waals surface area contributed by atoms with Crippen LogP contribution in [0.5, 0.6) is 0 Å². The smallest absolute Gasteiger partial charge is 0.0701 e. The molecule has 1 aromatic rings. The Morgan fingerprint density at radius 3 is 2.50 bits per heavy atom. The van der Waals surface area contributed by atoms with Crippen molar-refractivity contribution in [1.29, 1.82) is 0 Å². The van der Waals surface area contributed by atoms with Gasteiger partial charge in [-0.25, -0.2) is 0 Å². The lowest BCUT2D eigenvalue weighted by molar-refractivity contribution is 0.334. The van der Waals surface area contributed by atoms with Crippen molar-refractivity contribution >= 4 is 43.2 Å². The van der Waals surface area contributed by atoms with Crippen LogP contribution in [-0.2, 0) is 0 Å². The van der Waals surface area contributed by atoms with Crippen molar-refractivity contribution in [2.45, 2.75) is 37.4 Å². The quantitative estimate of drug-likeness (QED) is 0.622. The second kappa shape index (κ2) is 4.26. The minimum Gasteiger partial charge on any atom is -0.132 e. The Labute approximate surface area is 106 Å². The van der Waals surface area contributed by atoms with Crippen molar-refractivity contribution in [2.75, 3.05) is 0 Å². The predicted octanol–water partition coefficient (Wildman–Crippen LogP) is 5.53. The van der Waals surface area contributed by atoms with Gasteiger partial charge in [-0.1, -0.05) is 35.7 Å². The van der Waals surface area contributed by atoms with Gasteiger partial charge in [-0.15, -0.1) is 11.3 Å². The summed E-state index contributed by atoms with van der Waals surface area (Å²) in [5.74, 6) is 0. The van der Waals surface area contributed by atoms with E-state index in [-0.39, 0.29) is 0 Å². The van der Waals surface area contributed by atoms with E-state index in [1.807, 2.05) is 11.3 Å². The lowest BCUT2D eigenvalue weighted by Gasteiger charge is -2.28. The Bertz CT molecular complexity index is 313. The Hall–Kier alpha value is 0.660. The number of halogens is 2. The molecule has 1 aliphatic rings. The number of alkyl halides is 1. The monoisotopic (exact) mass is 336 g/mol. The van der Waals surface area contributed by atoms with E-state index >= 15 is 0 Å². The molecular weight excluding hydrogens is 324 g/mol. The molecule has 0 bridgehead atoms. The van der Waals surface area contributed by atoms with E-state index in [1.165, 1.54) is 34.3 Å². The first-order chi connectivity index (χ1) is 6.62. The van der Waals surface area contributed by atoms with Crippen molar-refractivity contribution in [2.24, 2.45) is 5.41 Å². The van der Waals surface area contributed by atoms with Crippen LogP contribution in [0.1, 0.15) is 42.3 Å². The molecule has 78 valence electrons. The molecule has 1 unspecified atom stereocenters. The molecule has 0 aliphatic heterocycles. The number of hydrogen-bond acceptors (Lipinski definition) is 1. The molecule has 0 N–H and O–H groups in total. The Balaban J connectivity index is 2.18. The summed E-state index contributed by atoms with van der Waals surface area (Å²) in [6.45, 7) is 2.41.